The molecule has 220 valence electrons. The van der Waals surface area contributed by atoms with Crippen LogP contribution in [-0.4, -0.2) is 34.6 Å². The van der Waals surface area contributed by atoms with Crippen molar-refractivity contribution in [1.82, 2.24) is 4.57 Å². The summed E-state index contributed by atoms with van der Waals surface area (Å²) in [6.45, 7) is -0.226. The molecule has 44 heavy (non-hydrogen) atoms. The molecular weight excluding hydrogens is 662 g/mol. The van der Waals surface area contributed by atoms with E-state index in [9.17, 15) is 19.2 Å². The molecule has 11 heteroatoms. The normalized spacial score (nSPS) is 19.1. The number of fused-ring (bicyclic) bond motifs is 3. The number of ether oxygens (including phenoxy) is 1. The summed E-state index contributed by atoms with van der Waals surface area (Å²) in [6.07, 6.45) is 0. The molecule has 8 nitrogen and oxygen atoms in total. The summed E-state index contributed by atoms with van der Waals surface area (Å²) in [5, 5.41) is 4.71. The second-order valence-electron chi connectivity index (χ2n) is 10.5. The fraction of sp³-hybridized carbons (Fsp3) is 0.152. The summed E-state index contributed by atoms with van der Waals surface area (Å²) >= 11 is 5.62. The number of aromatic nitrogens is 1. The number of methoxy groups -OCH3 is 1. The minimum absolute atomic E-state index is 0.226. The van der Waals surface area contributed by atoms with E-state index in [1.807, 2.05) is 54.6 Å². The lowest BCUT2D eigenvalue weighted by atomic mass is 9.83. The van der Waals surface area contributed by atoms with Crippen LogP contribution in [0.15, 0.2) is 105 Å². The largest absolute Gasteiger partial charge is 0.497 e. The van der Waals surface area contributed by atoms with Gasteiger partial charge in [0.15, 0.2) is 0 Å². The monoisotopic (exact) mass is 685 g/mol. The summed E-state index contributed by atoms with van der Waals surface area (Å²) in [5.41, 5.74) is 1.90. The summed E-state index contributed by atoms with van der Waals surface area (Å²) < 4.78 is 7.60. The van der Waals surface area contributed by atoms with Gasteiger partial charge in [-0.2, -0.15) is 0 Å². The molecule has 0 spiro atoms. The zero-order chi connectivity index (χ0) is 30.5. The zero-order valence-corrected chi connectivity index (χ0v) is 26.4. The Balaban J connectivity index is 1.26. The van der Waals surface area contributed by atoms with Gasteiger partial charge in [0.1, 0.15) is 17.5 Å². The van der Waals surface area contributed by atoms with Crippen molar-refractivity contribution in [1.29, 1.82) is 0 Å². The summed E-state index contributed by atoms with van der Waals surface area (Å²) in [5.74, 6) is -1.66. The smallest absolute Gasteiger partial charge is 0.308 e. The Morgan fingerprint density at radius 1 is 0.909 bits per heavy atom. The van der Waals surface area contributed by atoms with Crippen LogP contribution in [0.3, 0.4) is 0 Å². The van der Waals surface area contributed by atoms with Crippen molar-refractivity contribution in [2.45, 2.75) is 22.7 Å². The van der Waals surface area contributed by atoms with Crippen molar-refractivity contribution < 1.29 is 19.1 Å². The number of thiazole rings is 1. The highest BCUT2D eigenvalue weighted by atomic mass is 79.9. The molecule has 4 aromatic carbocycles. The van der Waals surface area contributed by atoms with Gasteiger partial charge in [-0.05, 0) is 64.9 Å². The molecule has 0 aliphatic carbocycles. The first-order valence-corrected chi connectivity index (χ1v) is 16.3. The first kappa shape index (κ1) is 28.6. The third-order valence-electron chi connectivity index (χ3n) is 7.94. The number of anilines is 2. The fourth-order valence-electron chi connectivity index (χ4n) is 5.88. The zero-order valence-electron chi connectivity index (χ0n) is 23.2. The van der Waals surface area contributed by atoms with Gasteiger partial charge >= 0.3 is 4.87 Å². The Bertz CT molecular complexity index is 2010. The van der Waals surface area contributed by atoms with E-state index in [2.05, 4.69) is 21.2 Å². The van der Waals surface area contributed by atoms with Crippen LogP contribution in [-0.2, 0) is 20.9 Å². The maximum absolute atomic E-state index is 14.0. The van der Waals surface area contributed by atoms with Crippen molar-refractivity contribution in [3.05, 3.63) is 116 Å². The van der Waals surface area contributed by atoms with E-state index < -0.39 is 17.1 Å². The van der Waals surface area contributed by atoms with Gasteiger partial charge in [-0.15, -0.1) is 0 Å². The van der Waals surface area contributed by atoms with Crippen molar-refractivity contribution in [3.63, 3.8) is 0 Å². The number of amides is 3. The highest BCUT2D eigenvalue weighted by Crippen LogP contribution is 2.54. The van der Waals surface area contributed by atoms with Gasteiger partial charge in [-0.3, -0.25) is 23.7 Å². The number of rotatable bonds is 6. The number of benzene rings is 4. The highest BCUT2D eigenvalue weighted by molar-refractivity contribution is 9.10. The molecule has 0 bridgehead atoms. The molecule has 3 amide bonds. The van der Waals surface area contributed by atoms with E-state index in [0.29, 0.717) is 27.0 Å². The van der Waals surface area contributed by atoms with E-state index in [-0.39, 0.29) is 29.1 Å². The molecule has 0 saturated carbocycles. The maximum atomic E-state index is 14.0. The number of imide groups is 1. The Morgan fingerprint density at radius 3 is 2.36 bits per heavy atom. The van der Waals surface area contributed by atoms with Crippen LogP contribution in [0.4, 0.5) is 11.4 Å². The molecule has 1 aromatic heterocycles. The SMILES string of the molecule is COc1ccc(C2c3sc(=O)n(CC(=O)Nc4ccc5ccccc5c4)c3SC3C(=O)N(c4ccc(Br)cc4)C(=O)C32)cc1. The number of halogens is 1. The van der Waals surface area contributed by atoms with Gasteiger partial charge < -0.3 is 10.1 Å². The number of carbonyl (C=O) groups is 3. The molecule has 2 aliphatic rings. The van der Waals surface area contributed by atoms with Crippen molar-refractivity contribution in [2.24, 2.45) is 5.92 Å². The van der Waals surface area contributed by atoms with Crippen molar-refractivity contribution in [3.8, 4) is 5.75 Å². The van der Waals surface area contributed by atoms with Gasteiger partial charge in [0.2, 0.25) is 17.7 Å². The van der Waals surface area contributed by atoms with E-state index in [4.69, 9.17) is 4.74 Å². The van der Waals surface area contributed by atoms with Crippen LogP contribution < -0.4 is 19.8 Å². The number of thioether (sulfide) groups is 1. The number of carbonyl (C=O) groups excluding carboxylic acids is 3. The molecule has 5 aromatic rings. The van der Waals surface area contributed by atoms with Crippen molar-refractivity contribution in [2.75, 3.05) is 17.3 Å². The Morgan fingerprint density at radius 2 is 1.64 bits per heavy atom. The van der Waals surface area contributed by atoms with Crippen molar-refractivity contribution >= 4 is 78.9 Å². The Hall–Kier alpha value is -4.19. The van der Waals surface area contributed by atoms with Crippen LogP contribution >= 0.6 is 39.0 Å². The van der Waals surface area contributed by atoms with Gasteiger partial charge in [0, 0.05) is 21.0 Å². The molecule has 1 saturated heterocycles. The minimum Gasteiger partial charge on any atom is -0.497 e. The third kappa shape index (κ3) is 4.94. The van der Waals surface area contributed by atoms with Gasteiger partial charge in [0.05, 0.1) is 23.7 Å². The minimum atomic E-state index is -0.769. The predicted octanol–water partition coefficient (Wildman–Crippen LogP) is 6.27. The van der Waals surface area contributed by atoms with Gasteiger partial charge in [-0.25, -0.2) is 4.90 Å². The van der Waals surface area contributed by atoms with E-state index in [0.717, 1.165) is 32.1 Å². The highest BCUT2D eigenvalue weighted by Gasteiger charge is 2.56. The first-order valence-electron chi connectivity index (χ1n) is 13.8. The van der Waals surface area contributed by atoms with Crippen LogP contribution in [0.5, 0.6) is 5.75 Å². The van der Waals surface area contributed by atoms with Crippen LogP contribution in [0.2, 0.25) is 0 Å². The second kappa shape index (κ2) is 11.4. The summed E-state index contributed by atoms with van der Waals surface area (Å²) in [4.78, 5) is 56.2. The molecule has 7 rings (SSSR count). The lowest BCUT2D eigenvalue weighted by Gasteiger charge is -2.30. The summed E-state index contributed by atoms with van der Waals surface area (Å²) in [6, 6.07) is 27.8. The molecule has 1 N–H and O–H groups in total. The number of nitrogens with one attached hydrogen (secondary N) is 1. The standard InChI is InChI=1S/C33H24BrN3O5S2/c1-42-24-14-7-19(8-15-24)26-27-28(31(40)37(30(27)39)23-12-9-21(34)10-13-23)43-32-29(26)44-33(41)36(32)17-25(38)35-22-11-6-18-4-2-3-5-20(18)16-22/h2-16,26-28H,17H2,1H3,(H,35,38). The Kier molecular flexibility index (Phi) is 7.39. The third-order valence-corrected chi connectivity index (χ3v) is 11.1. The summed E-state index contributed by atoms with van der Waals surface area (Å²) in [7, 11) is 1.57. The molecule has 3 atom stereocenters. The maximum Gasteiger partial charge on any atom is 0.308 e. The Labute approximate surface area is 268 Å². The number of hydrogen-bond acceptors (Lipinski definition) is 7. The molecule has 1 fully saturated rings. The lowest BCUT2D eigenvalue weighted by molar-refractivity contribution is -0.122. The van der Waals surface area contributed by atoms with Gasteiger partial charge in [0.25, 0.3) is 0 Å². The average Bonchev–Trinajstić information content (AvgIpc) is 3.47. The number of hydrogen-bond donors (Lipinski definition) is 1. The molecular formula is C33H24BrN3O5S2. The second-order valence-corrected chi connectivity index (χ2v) is 13.6. The molecule has 2 aliphatic heterocycles. The van der Waals surface area contributed by atoms with Crippen LogP contribution in [0.1, 0.15) is 16.4 Å². The predicted molar refractivity (Wildman–Crippen MR) is 176 cm³/mol. The molecule has 3 heterocycles. The van der Waals surface area contributed by atoms with E-state index >= 15 is 0 Å². The molecule has 3 unspecified atom stereocenters. The first-order chi connectivity index (χ1) is 21.3. The quantitative estimate of drug-likeness (QED) is 0.212. The topological polar surface area (TPSA) is 97.7 Å². The number of nitrogens with zero attached hydrogens (tertiary/aromatic N) is 2. The van der Waals surface area contributed by atoms with Crippen LogP contribution in [0.25, 0.3) is 10.8 Å². The van der Waals surface area contributed by atoms with Gasteiger partial charge in [-0.1, -0.05) is 81.5 Å². The van der Waals surface area contributed by atoms with E-state index in [1.165, 1.54) is 21.2 Å². The fourth-order valence-corrected chi connectivity index (χ4v) is 8.92. The molecule has 0 radical (unpaired) electrons. The average molecular weight is 687 g/mol. The lowest BCUT2D eigenvalue weighted by Crippen LogP contribution is -2.33. The van der Waals surface area contributed by atoms with Crippen LogP contribution in [0, 0.1) is 5.92 Å². The van der Waals surface area contributed by atoms with E-state index in [1.54, 1.807) is 43.5 Å².